The molecule has 4 nitrogen and oxygen atoms in total. The summed E-state index contributed by atoms with van der Waals surface area (Å²) >= 11 is 0. The molecule has 3 heterocycles. The van der Waals surface area contributed by atoms with Crippen LogP contribution in [0.3, 0.4) is 0 Å². The van der Waals surface area contributed by atoms with Crippen LogP contribution >= 0.6 is 0 Å². The van der Waals surface area contributed by atoms with Crippen molar-refractivity contribution in [2.45, 2.75) is 38.9 Å². The maximum Gasteiger partial charge on any atom is 0.497 e. The second kappa shape index (κ2) is 5.93. The molecule has 0 unspecified atom stereocenters. The van der Waals surface area contributed by atoms with E-state index in [1.54, 1.807) is 0 Å². The van der Waals surface area contributed by atoms with E-state index in [0.29, 0.717) is 0 Å². The van der Waals surface area contributed by atoms with E-state index in [-0.39, 0.29) is 0 Å². The van der Waals surface area contributed by atoms with E-state index >= 15 is 0 Å². The molecule has 5 rings (SSSR count). The molecule has 0 radical (unpaired) electrons. The van der Waals surface area contributed by atoms with Crippen LogP contribution in [0.4, 0.5) is 0 Å². The van der Waals surface area contributed by atoms with Crippen molar-refractivity contribution in [1.29, 1.82) is 0 Å². The molecule has 140 valence electrons. The minimum absolute atomic E-state index is 0.393. The molecule has 4 aromatic rings. The molecule has 1 aliphatic heterocycles. The van der Waals surface area contributed by atoms with E-state index in [1.165, 1.54) is 0 Å². The minimum atomic E-state index is -0.453. The van der Waals surface area contributed by atoms with Crippen LogP contribution in [0.5, 0.6) is 0 Å². The minimum Gasteiger partial charge on any atom is -0.456 e. The molecule has 2 aromatic heterocycles. The van der Waals surface area contributed by atoms with Crippen molar-refractivity contribution in [3.8, 4) is 11.3 Å². The summed E-state index contributed by atoms with van der Waals surface area (Å²) in [5, 5.41) is 2.19. The van der Waals surface area contributed by atoms with Crippen molar-refractivity contribution in [3.05, 3.63) is 60.8 Å². The molecule has 1 saturated heterocycles. The Hall–Kier alpha value is -2.63. The molecule has 0 N–H and O–H groups in total. The molecular weight excluding hydrogens is 349 g/mol. The normalized spacial score (nSPS) is 18.2. The van der Waals surface area contributed by atoms with Gasteiger partial charge < -0.3 is 13.7 Å². The van der Waals surface area contributed by atoms with Gasteiger partial charge >= 0.3 is 7.12 Å². The first kappa shape index (κ1) is 17.5. The van der Waals surface area contributed by atoms with Crippen LogP contribution in [0.25, 0.3) is 33.2 Å². The molecular formula is C23H22BNO3. The summed E-state index contributed by atoms with van der Waals surface area (Å²) in [6, 6.07) is 18.2. The molecule has 0 spiro atoms. The number of pyridine rings is 1. The molecule has 0 atom stereocenters. The fourth-order valence-electron chi connectivity index (χ4n) is 3.69. The largest absolute Gasteiger partial charge is 0.497 e. The molecule has 2 aromatic carbocycles. The van der Waals surface area contributed by atoms with E-state index in [9.17, 15) is 0 Å². The first-order valence-electron chi connectivity index (χ1n) is 9.58. The summed E-state index contributed by atoms with van der Waals surface area (Å²) in [5.41, 5.74) is 3.80. The number of hydrogen-bond donors (Lipinski definition) is 0. The van der Waals surface area contributed by atoms with Gasteiger partial charge in [0.15, 0.2) is 0 Å². The number of nitrogens with zero attached hydrogens (tertiary/aromatic N) is 1. The maximum absolute atomic E-state index is 6.27. The molecule has 28 heavy (non-hydrogen) atoms. The highest BCUT2D eigenvalue weighted by Crippen LogP contribution is 2.37. The average Bonchev–Trinajstić information content (AvgIpc) is 3.15. The Morgan fingerprint density at radius 3 is 2.29 bits per heavy atom. The third kappa shape index (κ3) is 2.58. The highest BCUT2D eigenvalue weighted by atomic mass is 16.7. The zero-order valence-corrected chi connectivity index (χ0v) is 16.5. The predicted molar refractivity (Wildman–Crippen MR) is 113 cm³/mol. The third-order valence-corrected chi connectivity index (χ3v) is 6.00. The Bertz CT molecular complexity index is 1180. The molecule has 1 fully saturated rings. The van der Waals surface area contributed by atoms with E-state index in [4.69, 9.17) is 13.7 Å². The summed E-state index contributed by atoms with van der Waals surface area (Å²) in [7, 11) is -0.453. The summed E-state index contributed by atoms with van der Waals surface area (Å²) in [6.45, 7) is 8.25. The smallest absolute Gasteiger partial charge is 0.456 e. The Morgan fingerprint density at radius 1 is 0.786 bits per heavy atom. The van der Waals surface area contributed by atoms with Crippen LogP contribution in [-0.2, 0) is 9.31 Å². The lowest BCUT2D eigenvalue weighted by atomic mass is 9.76. The quantitative estimate of drug-likeness (QED) is 0.468. The Labute approximate surface area is 164 Å². The summed E-state index contributed by atoms with van der Waals surface area (Å²) in [5.74, 6) is 0. The summed E-state index contributed by atoms with van der Waals surface area (Å²) < 4.78 is 18.5. The SMILES string of the molecule is CC1(C)OB(c2cccnc2-c2ccc3oc4ccccc4c3c2)OC1(C)C. The van der Waals surface area contributed by atoms with Gasteiger partial charge in [-0.05, 0) is 58.0 Å². The molecule has 1 aliphatic rings. The van der Waals surface area contributed by atoms with Crippen molar-refractivity contribution in [1.82, 2.24) is 4.98 Å². The number of hydrogen-bond acceptors (Lipinski definition) is 4. The number of furan rings is 1. The van der Waals surface area contributed by atoms with Gasteiger partial charge in [-0.3, -0.25) is 4.98 Å². The zero-order chi connectivity index (χ0) is 19.5. The fraction of sp³-hybridized carbons (Fsp3) is 0.261. The number of fused-ring (bicyclic) bond motifs is 3. The predicted octanol–water partition coefficient (Wildman–Crippen LogP) is 4.95. The second-order valence-corrected chi connectivity index (χ2v) is 8.34. The van der Waals surface area contributed by atoms with Gasteiger partial charge in [-0.15, -0.1) is 0 Å². The number of benzene rings is 2. The maximum atomic E-state index is 6.27. The highest BCUT2D eigenvalue weighted by Gasteiger charge is 2.52. The lowest BCUT2D eigenvalue weighted by molar-refractivity contribution is 0.00578. The Morgan fingerprint density at radius 2 is 1.50 bits per heavy atom. The van der Waals surface area contributed by atoms with Gasteiger partial charge in [-0.2, -0.15) is 0 Å². The second-order valence-electron chi connectivity index (χ2n) is 8.34. The van der Waals surface area contributed by atoms with Gasteiger partial charge in [0.2, 0.25) is 0 Å². The highest BCUT2D eigenvalue weighted by molar-refractivity contribution is 6.63. The molecule has 0 aliphatic carbocycles. The summed E-state index contributed by atoms with van der Waals surface area (Å²) in [6.07, 6.45) is 1.81. The van der Waals surface area contributed by atoms with Gasteiger partial charge in [-0.25, -0.2) is 0 Å². The first-order chi connectivity index (χ1) is 13.4. The number of rotatable bonds is 2. The van der Waals surface area contributed by atoms with Crippen LogP contribution in [0.2, 0.25) is 0 Å². The lowest BCUT2D eigenvalue weighted by Crippen LogP contribution is -2.41. The molecule has 0 bridgehead atoms. The topological polar surface area (TPSA) is 44.5 Å². The molecule has 0 amide bonds. The van der Waals surface area contributed by atoms with Gasteiger partial charge in [0, 0.05) is 28.0 Å². The van der Waals surface area contributed by atoms with Gasteiger partial charge in [0.05, 0.1) is 16.9 Å². The van der Waals surface area contributed by atoms with Gasteiger partial charge in [0.1, 0.15) is 11.2 Å². The van der Waals surface area contributed by atoms with Gasteiger partial charge in [-0.1, -0.05) is 24.3 Å². The lowest BCUT2D eigenvalue weighted by Gasteiger charge is -2.32. The standard InChI is InChI=1S/C23H22BNO3/c1-22(2)23(3,4)28-24(27-22)18-9-7-13-25-21(18)15-11-12-20-17(14-15)16-8-5-6-10-19(16)26-20/h5-14H,1-4H3. The molecule has 5 heteroatoms. The van der Waals surface area contributed by atoms with Crippen molar-refractivity contribution in [3.63, 3.8) is 0 Å². The first-order valence-corrected chi connectivity index (χ1v) is 9.58. The van der Waals surface area contributed by atoms with Crippen molar-refractivity contribution >= 4 is 34.5 Å². The molecule has 0 saturated carbocycles. The average molecular weight is 371 g/mol. The zero-order valence-electron chi connectivity index (χ0n) is 16.5. The number of aromatic nitrogens is 1. The van der Waals surface area contributed by atoms with Crippen molar-refractivity contribution < 1.29 is 13.7 Å². The Kier molecular flexibility index (Phi) is 3.70. The van der Waals surface area contributed by atoms with Crippen molar-refractivity contribution in [2.24, 2.45) is 0 Å². The van der Waals surface area contributed by atoms with E-state index in [0.717, 1.165) is 38.7 Å². The van der Waals surface area contributed by atoms with Crippen LogP contribution in [-0.4, -0.2) is 23.3 Å². The van der Waals surface area contributed by atoms with Crippen LogP contribution in [0, 0.1) is 0 Å². The van der Waals surface area contributed by atoms with Crippen LogP contribution in [0.1, 0.15) is 27.7 Å². The van der Waals surface area contributed by atoms with Gasteiger partial charge in [0.25, 0.3) is 0 Å². The fourth-order valence-corrected chi connectivity index (χ4v) is 3.69. The van der Waals surface area contributed by atoms with E-state index in [2.05, 4.69) is 44.8 Å². The van der Waals surface area contributed by atoms with E-state index < -0.39 is 18.3 Å². The van der Waals surface area contributed by atoms with E-state index in [1.807, 2.05) is 48.7 Å². The third-order valence-electron chi connectivity index (χ3n) is 6.00. The van der Waals surface area contributed by atoms with Crippen LogP contribution in [0.15, 0.2) is 65.2 Å². The monoisotopic (exact) mass is 371 g/mol. The van der Waals surface area contributed by atoms with Crippen LogP contribution < -0.4 is 5.46 Å². The van der Waals surface area contributed by atoms with Crippen molar-refractivity contribution in [2.75, 3.05) is 0 Å². The summed E-state index contributed by atoms with van der Waals surface area (Å²) in [4.78, 5) is 4.67. The number of para-hydroxylation sites is 1. The Balaban J connectivity index is 1.64.